The molecule has 1 saturated heterocycles. The van der Waals surface area contributed by atoms with Crippen molar-refractivity contribution in [2.24, 2.45) is 0 Å². The Labute approximate surface area is 149 Å². The third kappa shape index (κ3) is 3.90. The molecule has 0 radical (unpaired) electrons. The Morgan fingerprint density at radius 2 is 2.19 bits per heavy atom. The normalized spacial score (nSPS) is 18.3. The van der Waals surface area contributed by atoms with Crippen LogP contribution in [0.25, 0.3) is 4.96 Å². The highest BCUT2D eigenvalue weighted by Crippen LogP contribution is 2.29. The topological polar surface area (TPSA) is 71.8 Å². The van der Waals surface area contributed by atoms with E-state index >= 15 is 0 Å². The van der Waals surface area contributed by atoms with E-state index in [0.29, 0.717) is 5.01 Å². The van der Waals surface area contributed by atoms with Gasteiger partial charge in [0.2, 0.25) is 10.9 Å². The van der Waals surface area contributed by atoms with Gasteiger partial charge in [-0.05, 0) is 6.92 Å². The minimum atomic E-state index is -2.93. The lowest BCUT2D eigenvalue weighted by Crippen LogP contribution is -2.32. The molecule has 0 bridgehead atoms. The lowest BCUT2D eigenvalue weighted by atomic mass is 10.1. The van der Waals surface area contributed by atoms with Gasteiger partial charge in [0, 0.05) is 20.1 Å². The molecule has 0 unspecified atom stereocenters. The number of fused-ring (bicyclic) bond motifs is 1. The highest BCUT2D eigenvalue weighted by molar-refractivity contribution is 7.16. The zero-order valence-corrected chi connectivity index (χ0v) is 14.8. The largest absolute Gasteiger partial charge is 0.377 e. The van der Waals surface area contributed by atoms with Gasteiger partial charge in [0.05, 0.1) is 24.9 Å². The summed E-state index contributed by atoms with van der Waals surface area (Å²) in [6, 6.07) is -1.33. The second kappa shape index (κ2) is 6.99. The minimum Gasteiger partial charge on any atom is -0.377 e. The number of carbonyl (C=O) groups is 1. The summed E-state index contributed by atoms with van der Waals surface area (Å²) in [4.78, 5) is 17.4. The molecule has 1 aliphatic rings. The molecular weight excluding hydrogens is 378 g/mol. The Morgan fingerprint density at radius 3 is 2.81 bits per heavy atom. The van der Waals surface area contributed by atoms with Crippen LogP contribution in [0, 0.1) is 0 Å². The van der Waals surface area contributed by atoms with E-state index in [2.05, 4.69) is 15.4 Å². The maximum atomic E-state index is 13.3. The number of methoxy groups -OCH3 is 1. The predicted molar refractivity (Wildman–Crippen MR) is 84.5 cm³/mol. The van der Waals surface area contributed by atoms with Crippen LogP contribution in [0.1, 0.15) is 36.2 Å². The molecule has 26 heavy (non-hydrogen) atoms. The van der Waals surface area contributed by atoms with Crippen molar-refractivity contribution in [2.75, 3.05) is 13.7 Å². The molecule has 7 nitrogen and oxygen atoms in total. The van der Waals surface area contributed by atoms with E-state index in [0.717, 1.165) is 18.3 Å². The van der Waals surface area contributed by atoms with Crippen LogP contribution in [0.5, 0.6) is 0 Å². The third-order valence-electron chi connectivity index (χ3n) is 3.84. The number of hydrogen-bond acceptors (Lipinski definition) is 5. The van der Waals surface area contributed by atoms with Gasteiger partial charge >= 0.3 is 6.03 Å². The first-order valence-electron chi connectivity index (χ1n) is 7.75. The third-order valence-corrected chi connectivity index (χ3v) is 4.73. The number of ether oxygens (including phenoxy) is 1. The number of amides is 2. The van der Waals surface area contributed by atoms with Crippen LogP contribution < -0.4 is 5.32 Å². The number of rotatable bonds is 7. The van der Waals surface area contributed by atoms with E-state index < -0.39 is 36.5 Å². The monoisotopic (exact) mass is 395 g/mol. The van der Waals surface area contributed by atoms with Gasteiger partial charge in [-0.2, -0.15) is 5.10 Å². The van der Waals surface area contributed by atoms with Crippen LogP contribution in [0.3, 0.4) is 0 Å². The summed E-state index contributed by atoms with van der Waals surface area (Å²) < 4.78 is 59.2. The van der Waals surface area contributed by atoms with Crippen LogP contribution in [0.15, 0.2) is 0 Å². The molecular formula is C14H17F4N5O2S. The lowest BCUT2D eigenvalue weighted by molar-refractivity contribution is 0.00505. The van der Waals surface area contributed by atoms with E-state index in [1.807, 2.05) is 0 Å². The Kier molecular flexibility index (Phi) is 5.06. The van der Waals surface area contributed by atoms with E-state index in [1.54, 1.807) is 0 Å². The zero-order valence-electron chi connectivity index (χ0n) is 14.0. The average molecular weight is 395 g/mol. The second-order valence-corrected chi connectivity index (χ2v) is 7.21. The van der Waals surface area contributed by atoms with Gasteiger partial charge < -0.3 is 15.0 Å². The van der Waals surface area contributed by atoms with Gasteiger partial charge in [0.1, 0.15) is 10.7 Å². The highest BCUT2D eigenvalue weighted by Gasteiger charge is 2.36. The van der Waals surface area contributed by atoms with E-state index in [9.17, 15) is 22.4 Å². The Balaban J connectivity index is 1.85. The van der Waals surface area contributed by atoms with Gasteiger partial charge in [-0.25, -0.2) is 31.9 Å². The fraction of sp³-hybridized carbons (Fsp3) is 0.643. The fourth-order valence-corrected chi connectivity index (χ4v) is 3.77. The SMILES string of the molecule is COCc1nn2c(CN3C[C@H](CC(C)(F)F)NC3=O)c(C(F)F)nc2s1. The van der Waals surface area contributed by atoms with Crippen LogP contribution in [-0.2, 0) is 17.9 Å². The smallest absolute Gasteiger partial charge is 0.318 e. The Hall–Kier alpha value is -1.95. The molecule has 1 fully saturated rings. The molecule has 1 atom stereocenters. The molecule has 2 amide bonds. The van der Waals surface area contributed by atoms with Crippen LogP contribution in [-0.4, -0.2) is 51.1 Å². The van der Waals surface area contributed by atoms with Crippen LogP contribution in [0.2, 0.25) is 0 Å². The first-order valence-corrected chi connectivity index (χ1v) is 8.57. The van der Waals surface area contributed by atoms with E-state index in [-0.39, 0.29) is 30.4 Å². The molecule has 1 aliphatic heterocycles. The average Bonchev–Trinajstić information content (AvgIpc) is 3.13. The number of halogens is 4. The summed E-state index contributed by atoms with van der Waals surface area (Å²) in [5.41, 5.74) is -0.405. The number of nitrogens with one attached hydrogen (secondary N) is 1. The van der Waals surface area contributed by atoms with E-state index in [4.69, 9.17) is 4.74 Å². The maximum Gasteiger partial charge on any atom is 0.318 e. The summed E-state index contributed by atoms with van der Waals surface area (Å²) >= 11 is 1.11. The molecule has 1 N–H and O–H groups in total. The standard InChI is InChI=1S/C14H17F4N5O2S/c1-14(17,18)3-7-4-22(12(24)19-7)5-8-10(11(15)16)20-13-23(8)21-9(26-13)6-25-2/h7,11H,3-6H2,1-2H3,(H,19,24)/t7-/m0/s1. The van der Waals surface area contributed by atoms with Gasteiger partial charge in [-0.3, -0.25) is 0 Å². The summed E-state index contributed by atoms with van der Waals surface area (Å²) in [5.74, 6) is -2.93. The number of urea groups is 1. The first-order chi connectivity index (χ1) is 12.2. The summed E-state index contributed by atoms with van der Waals surface area (Å²) in [5, 5.41) is 7.18. The van der Waals surface area contributed by atoms with Crippen molar-refractivity contribution >= 4 is 22.3 Å². The molecule has 2 aromatic heterocycles. The fourth-order valence-electron chi connectivity index (χ4n) is 2.88. The zero-order chi connectivity index (χ0) is 19.1. The van der Waals surface area contributed by atoms with Gasteiger partial charge in [-0.15, -0.1) is 0 Å². The number of alkyl halides is 4. The molecule has 12 heteroatoms. The highest BCUT2D eigenvalue weighted by atomic mass is 32.1. The molecule has 2 aromatic rings. The quantitative estimate of drug-likeness (QED) is 0.732. The van der Waals surface area contributed by atoms with Crippen molar-refractivity contribution in [3.8, 4) is 0 Å². The number of nitrogens with zero attached hydrogens (tertiary/aromatic N) is 4. The lowest BCUT2D eigenvalue weighted by Gasteiger charge is -2.16. The van der Waals surface area contributed by atoms with E-state index in [1.165, 1.54) is 16.5 Å². The van der Waals surface area contributed by atoms with Gasteiger partial charge in [0.25, 0.3) is 6.43 Å². The van der Waals surface area contributed by atoms with Crippen LogP contribution >= 0.6 is 11.3 Å². The van der Waals surface area contributed by atoms with Crippen molar-refractivity contribution in [1.82, 2.24) is 24.8 Å². The van der Waals surface area contributed by atoms with Crippen molar-refractivity contribution < 1.29 is 27.1 Å². The minimum absolute atomic E-state index is 0.00671. The molecule has 0 spiro atoms. The van der Waals surface area contributed by atoms with Crippen LogP contribution in [0.4, 0.5) is 22.4 Å². The number of carbonyl (C=O) groups excluding carboxylic acids is 1. The Morgan fingerprint density at radius 1 is 1.46 bits per heavy atom. The number of imidazole rings is 1. The summed E-state index contributed by atoms with van der Waals surface area (Å²) in [6.45, 7) is 0.765. The summed E-state index contributed by atoms with van der Waals surface area (Å²) in [6.07, 6.45) is -3.36. The van der Waals surface area contributed by atoms with Crippen molar-refractivity contribution in [2.45, 2.75) is 44.9 Å². The summed E-state index contributed by atoms with van der Waals surface area (Å²) in [7, 11) is 1.48. The molecule has 0 aliphatic carbocycles. The molecule has 0 aromatic carbocycles. The molecule has 3 heterocycles. The van der Waals surface area contributed by atoms with Gasteiger partial charge in [0.15, 0.2) is 0 Å². The first kappa shape index (κ1) is 18.8. The Bertz CT molecular complexity index is 803. The number of aromatic nitrogens is 3. The molecule has 144 valence electrons. The number of hydrogen-bond donors (Lipinski definition) is 1. The van der Waals surface area contributed by atoms with Gasteiger partial charge in [-0.1, -0.05) is 11.3 Å². The molecule has 0 saturated carbocycles. The maximum absolute atomic E-state index is 13.3. The van der Waals surface area contributed by atoms with Crippen molar-refractivity contribution in [1.29, 1.82) is 0 Å². The van der Waals surface area contributed by atoms with Crippen molar-refractivity contribution in [3.05, 3.63) is 16.4 Å². The van der Waals surface area contributed by atoms with Crippen molar-refractivity contribution in [3.63, 3.8) is 0 Å². The predicted octanol–water partition coefficient (Wildman–Crippen LogP) is 2.81. The second-order valence-electron chi connectivity index (χ2n) is 6.17. The molecule has 3 rings (SSSR count).